The fourth-order valence-electron chi connectivity index (χ4n) is 6.49. The predicted molar refractivity (Wildman–Crippen MR) is 154 cm³/mol. The number of benzene rings is 1. The first-order valence-corrected chi connectivity index (χ1v) is 14.1. The fourth-order valence-corrected chi connectivity index (χ4v) is 6.49. The summed E-state index contributed by atoms with van der Waals surface area (Å²) in [6.45, 7) is 3.84. The van der Waals surface area contributed by atoms with Gasteiger partial charge in [-0.2, -0.15) is 0 Å². The standard InChI is InChI=1S/C28H40FN5O4.2ClH/c1-17(30-2)26(35)32-25(18-7-4-3-5-8-18)28(37)34-14-20-9-6-12-33(20)15-23(34)27(36)31-22-16-38-24-13-19(29)10-11-21(22)24;;/h10-11,13,17-18,20,22-23,25,30H,3-9,12,14-16H2,1-2H3,(H,31,36)(H,32,35);2*1H/t17-,20+,22?,23-,25-;;/m0../s1. The zero-order valence-electron chi connectivity index (χ0n) is 23.2. The number of nitrogens with one attached hydrogen (secondary N) is 3. The molecular formula is C28H42Cl2FN5O4. The normalized spacial score (nSPS) is 25.8. The van der Waals surface area contributed by atoms with Gasteiger partial charge in [-0.05, 0) is 58.2 Å². The Morgan fingerprint density at radius 2 is 1.80 bits per heavy atom. The average Bonchev–Trinajstić information content (AvgIpc) is 3.56. The Morgan fingerprint density at radius 3 is 2.52 bits per heavy atom. The molecule has 0 radical (unpaired) electrons. The molecule has 3 aliphatic heterocycles. The van der Waals surface area contributed by atoms with Gasteiger partial charge in [0.1, 0.15) is 30.3 Å². The van der Waals surface area contributed by atoms with Crippen LogP contribution in [0.1, 0.15) is 63.5 Å². The molecule has 12 heteroatoms. The summed E-state index contributed by atoms with van der Waals surface area (Å²) in [7, 11) is 1.72. The zero-order chi connectivity index (χ0) is 26.8. The Balaban J connectivity index is 0.00000220. The maximum atomic E-state index is 14.2. The average molecular weight is 603 g/mol. The van der Waals surface area contributed by atoms with E-state index in [2.05, 4.69) is 20.9 Å². The van der Waals surface area contributed by atoms with Gasteiger partial charge in [-0.15, -0.1) is 24.8 Å². The van der Waals surface area contributed by atoms with Crippen molar-refractivity contribution in [2.24, 2.45) is 5.92 Å². The molecule has 4 aliphatic rings. The summed E-state index contributed by atoms with van der Waals surface area (Å²) in [5.41, 5.74) is 0.737. The summed E-state index contributed by atoms with van der Waals surface area (Å²) in [5.74, 6) is -0.505. The lowest BCUT2D eigenvalue weighted by atomic mass is 9.82. The minimum absolute atomic E-state index is 0. The van der Waals surface area contributed by atoms with Crippen LogP contribution in [0.5, 0.6) is 5.75 Å². The number of fused-ring (bicyclic) bond motifs is 2. The molecule has 3 amide bonds. The van der Waals surface area contributed by atoms with Crippen LogP contribution in [0.4, 0.5) is 4.39 Å². The highest BCUT2D eigenvalue weighted by molar-refractivity contribution is 5.93. The number of halogens is 3. The summed E-state index contributed by atoms with van der Waals surface area (Å²) in [5, 5.41) is 9.08. The second kappa shape index (κ2) is 14.2. The minimum Gasteiger partial charge on any atom is -0.491 e. The number of ether oxygens (including phenoxy) is 1. The van der Waals surface area contributed by atoms with Crippen molar-refractivity contribution < 1.29 is 23.5 Å². The molecule has 0 aromatic heterocycles. The van der Waals surface area contributed by atoms with Gasteiger partial charge in [0.05, 0.1) is 12.1 Å². The van der Waals surface area contributed by atoms with Crippen LogP contribution in [-0.2, 0) is 14.4 Å². The van der Waals surface area contributed by atoms with Crippen molar-refractivity contribution in [2.45, 2.75) is 82.1 Å². The van der Waals surface area contributed by atoms with E-state index < -0.39 is 24.2 Å². The van der Waals surface area contributed by atoms with Crippen LogP contribution in [-0.4, -0.2) is 85.0 Å². The van der Waals surface area contributed by atoms with Gasteiger partial charge in [0.2, 0.25) is 17.7 Å². The monoisotopic (exact) mass is 601 g/mol. The van der Waals surface area contributed by atoms with E-state index in [1.54, 1.807) is 24.9 Å². The van der Waals surface area contributed by atoms with Crippen molar-refractivity contribution in [1.82, 2.24) is 25.8 Å². The fraction of sp³-hybridized carbons (Fsp3) is 0.679. The second-order valence-electron chi connectivity index (χ2n) is 11.2. The van der Waals surface area contributed by atoms with Crippen LogP contribution in [0, 0.1) is 11.7 Å². The van der Waals surface area contributed by atoms with Crippen molar-refractivity contribution in [3.63, 3.8) is 0 Å². The third kappa shape index (κ3) is 6.83. The molecule has 0 spiro atoms. The van der Waals surface area contributed by atoms with Crippen molar-refractivity contribution in [3.05, 3.63) is 29.6 Å². The number of rotatable bonds is 7. The van der Waals surface area contributed by atoms with E-state index in [0.29, 0.717) is 18.8 Å². The molecule has 1 unspecified atom stereocenters. The van der Waals surface area contributed by atoms with Crippen molar-refractivity contribution >= 4 is 42.5 Å². The molecule has 1 aromatic rings. The first-order valence-electron chi connectivity index (χ1n) is 14.1. The lowest BCUT2D eigenvalue weighted by Crippen LogP contribution is -2.66. The maximum absolute atomic E-state index is 14.2. The second-order valence-corrected chi connectivity index (χ2v) is 11.2. The summed E-state index contributed by atoms with van der Waals surface area (Å²) < 4.78 is 19.3. The molecule has 2 saturated heterocycles. The largest absolute Gasteiger partial charge is 0.491 e. The van der Waals surface area contributed by atoms with Gasteiger partial charge in [0, 0.05) is 30.8 Å². The highest BCUT2D eigenvalue weighted by Crippen LogP contribution is 2.34. The Hall–Kier alpha value is -2.14. The molecule has 40 heavy (non-hydrogen) atoms. The first-order chi connectivity index (χ1) is 18.4. The Kier molecular flexibility index (Phi) is 11.5. The molecule has 3 N–H and O–H groups in total. The topological polar surface area (TPSA) is 103 Å². The highest BCUT2D eigenvalue weighted by Gasteiger charge is 2.45. The molecule has 3 fully saturated rings. The lowest BCUT2D eigenvalue weighted by Gasteiger charge is -2.45. The van der Waals surface area contributed by atoms with Gasteiger partial charge in [0.25, 0.3) is 0 Å². The molecular weight excluding hydrogens is 560 g/mol. The maximum Gasteiger partial charge on any atom is 0.246 e. The Morgan fingerprint density at radius 1 is 1.05 bits per heavy atom. The molecule has 0 bridgehead atoms. The van der Waals surface area contributed by atoms with Crippen LogP contribution < -0.4 is 20.7 Å². The number of carbonyl (C=O) groups excluding carboxylic acids is 3. The number of piperazine rings is 1. The van der Waals surface area contributed by atoms with E-state index in [1.165, 1.54) is 12.1 Å². The van der Waals surface area contributed by atoms with Crippen LogP contribution in [0.25, 0.3) is 0 Å². The van der Waals surface area contributed by atoms with Crippen LogP contribution >= 0.6 is 24.8 Å². The van der Waals surface area contributed by atoms with Gasteiger partial charge in [0.15, 0.2) is 0 Å². The third-order valence-electron chi connectivity index (χ3n) is 8.86. The van der Waals surface area contributed by atoms with E-state index in [9.17, 15) is 18.8 Å². The quantitative estimate of drug-likeness (QED) is 0.444. The van der Waals surface area contributed by atoms with Crippen molar-refractivity contribution in [3.8, 4) is 5.75 Å². The lowest BCUT2D eigenvalue weighted by molar-refractivity contribution is -0.149. The number of hydrogen-bond acceptors (Lipinski definition) is 6. The molecule has 224 valence electrons. The van der Waals surface area contributed by atoms with Gasteiger partial charge in [-0.1, -0.05) is 25.3 Å². The SMILES string of the molecule is CN[C@@H](C)C(=O)N[C@H](C(=O)N1C[C@H]2CCCN2C[C@H]1C(=O)NC1COc2cc(F)ccc21)C1CCCCC1.Cl.Cl. The predicted octanol–water partition coefficient (Wildman–Crippen LogP) is 2.57. The van der Waals surface area contributed by atoms with Crippen LogP contribution in [0.15, 0.2) is 18.2 Å². The van der Waals surface area contributed by atoms with Crippen LogP contribution in [0.3, 0.4) is 0 Å². The molecule has 5 atom stereocenters. The Labute approximate surface area is 248 Å². The highest BCUT2D eigenvalue weighted by atomic mass is 35.5. The molecule has 1 saturated carbocycles. The van der Waals surface area contributed by atoms with E-state index >= 15 is 0 Å². The van der Waals surface area contributed by atoms with Gasteiger partial charge in [-0.25, -0.2) is 4.39 Å². The molecule has 9 nitrogen and oxygen atoms in total. The smallest absolute Gasteiger partial charge is 0.246 e. The number of nitrogens with zero attached hydrogens (tertiary/aromatic N) is 2. The minimum atomic E-state index is -0.675. The van der Waals surface area contributed by atoms with Crippen molar-refractivity contribution in [2.75, 3.05) is 33.3 Å². The summed E-state index contributed by atoms with van der Waals surface area (Å²) in [4.78, 5) is 44.9. The molecule has 3 heterocycles. The molecule has 1 aromatic carbocycles. The number of hydrogen-bond donors (Lipinski definition) is 3. The number of likely N-dealkylation sites (N-methyl/N-ethyl adjacent to an activating group) is 1. The first kappa shape index (κ1) is 32.4. The summed E-state index contributed by atoms with van der Waals surface area (Å²) in [6.07, 6.45) is 7.01. The van der Waals surface area contributed by atoms with Crippen molar-refractivity contribution in [1.29, 1.82) is 0 Å². The number of amides is 3. The molecule has 5 rings (SSSR count). The Bertz CT molecular complexity index is 1060. The summed E-state index contributed by atoms with van der Waals surface area (Å²) >= 11 is 0. The van der Waals surface area contributed by atoms with Gasteiger partial charge in [-0.3, -0.25) is 19.3 Å². The number of carbonyl (C=O) groups is 3. The zero-order valence-corrected chi connectivity index (χ0v) is 24.8. The molecule has 1 aliphatic carbocycles. The third-order valence-corrected chi connectivity index (χ3v) is 8.86. The van der Waals surface area contributed by atoms with Gasteiger partial charge >= 0.3 is 0 Å². The summed E-state index contributed by atoms with van der Waals surface area (Å²) in [6, 6.07) is 2.40. The van der Waals surface area contributed by atoms with E-state index in [-0.39, 0.29) is 66.9 Å². The van der Waals surface area contributed by atoms with Gasteiger partial charge < -0.3 is 25.6 Å². The van der Waals surface area contributed by atoms with E-state index in [4.69, 9.17) is 4.74 Å². The van der Waals surface area contributed by atoms with Crippen LogP contribution in [0.2, 0.25) is 0 Å². The van der Waals surface area contributed by atoms with E-state index in [0.717, 1.165) is 57.1 Å². The van der Waals surface area contributed by atoms with E-state index in [1.807, 2.05) is 0 Å².